The van der Waals surface area contributed by atoms with Crippen LogP contribution in [0.5, 0.6) is 0 Å². The van der Waals surface area contributed by atoms with Gasteiger partial charge in [0.15, 0.2) is 5.03 Å². The van der Waals surface area contributed by atoms with Crippen LogP contribution in [0.15, 0.2) is 11.2 Å². The summed E-state index contributed by atoms with van der Waals surface area (Å²) in [6.45, 7) is 3.56. The first-order valence-corrected chi connectivity index (χ1v) is 7.37. The highest BCUT2D eigenvalue weighted by Crippen LogP contribution is 2.20. The lowest BCUT2D eigenvalue weighted by Gasteiger charge is -2.15. The van der Waals surface area contributed by atoms with Crippen molar-refractivity contribution in [1.82, 2.24) is 14.5 Å². The Bertz CT molecular complexity index is 465. The van der Waals surface area contributed by atoms with Gasteiger partial charge in [0.2, 0.25) is 0 Å². The van der Waals surface area contributed by atoms with Gasteiger partial charge < -0.3 is 0 Å². The third kappa shape index (κ3) is 3.84. The van der Waals surface area contributed by atoms with Crippen LogP contribution < -0.4 is 4.72 Å². The van der Waals surface area contributed by atoms with E-state index in [1.165, 1.54) is 17.9 Å². The molecule has 0 bridgehead atoms. The van der Waals surface area contributed by atoms with Crippen molar-refractivity contribution in [3.8, 4) is 0 Å². The van der Waals surface area contributed by atoms with E-state index in [1.54, 1.807) is 6.92 Å². The maximum Gasteiger partial charge on any atom is 0.259 e. The van der Waals surface area contributed by atoms with Crippen molar-refractivity contribution in [3.63, 3.8) is 0 Å². The van der Waals surface area contributed by atoms with Gasteiger partial charge >= 0.3 is 0 Å². The zero-order valence-electron chi connectivity index (χ0n) is 9.81. The molecule has 1 aromatic rings. The first-order valence-electron chi connectivity index (χ1n) is 5.08. The molecule has 0 spiro atoms. The molecule has 1 N–H and O–H groups in total. The lowest BCUT2D eigenvalue weighted by molar-refractivity contribution is 0.533. The number of hydrogen-bond acceptors (Lipinski definition) is 3. The normalized spacial score (nSPS) is 15.8. The van der Waals surface area contributed by atoms with Crippen LogP contribution in [0.2, 0.25) is 5.02 Å². The van der Waals surface area contributed by atoms with E-state index < -0.39 is 10.0 Å². The maximum absolute atomic E-state index is 12.0. The van der Waals surface area contributed by atoms with Gasteiger partial charge in [0, 0.05) is 18.5 Å². The molecule has 1 rings (SSSR count). The van der Waals surface area contributed by atoms with E-state index in [9.17, 15) is 8.42 Å². The van der Waals surface area contributed by atoms with Crippen LogP contribution in [0.3, 0.4) is 0 Å². The number of aromatic nitrogens is 2. The molecule has 98 valence electrons. The van der Waals surface area contributed by atoms with Crippen molar-refractivity contribution in [2.45, 2.75) is 36.7 Å². The Morgan fingerprint density at radius 2 is 2.12 bits per heavy atom. The van der Waals surface area contributed by atoms with Crippen molar-refractivity contribution < 1.29 is 8.42 Å². The molecule has 8 heteroatoms. The number of hydrogen-bond donors (Lipinski definition) is 1. The molecular formula is C9H15Cl2N3O2S. The largest absolute Gasteiger partial charge is 0.259 e. The molecule has 0 aliphatic carbocycles. The lowest BCUT2D eigenvalue weighted by Crippen LogP contribution is -2.35. The summed E-state index contributed by atoms with van der Waals surface area (Å²) in [5.74, 6) is 0. The lowest BCUT2D eigenvalue weighted by atomic mass is 10.2. The highest BCUT2D eigenvalue weighted by molar-refractivity contribution is 7.89. The van der Waals surface area contributed by atoms with Gasteiger partial charge in [-0.15, -0.1) is 11.6 Å². The highest BCUT2D eigenvalue weighted by Gasteiger charge is 2.24. The molecule has 1 heterocycles. The summed E-state index contributed by atoms with van der Waals surface area (Å²) in [6.07, 6.45) is 1.83. The molecule has 0 fully saturated rings. The topological polar surface area (TPSA) is 64.0 Å². The third-order valence-electron chi connectivity index (χ3n) is 2.13. The SMILES string of the molecule is CC(Cl)CC(C)NS(=O)(=O)c1c(Cl)cnn1C. The van der Waals surface area contributed by atoms with Gasteiger partial charge in [0.05, 0.1) is 11.2 Å². The van der Waals surface area contributed by atoms with Crippen molar-refractivity contribution in [1.29, 1.82) is 0 Å². The molecule has 2 unspecified atom stereocenters. The van der Waals surface area contributed by atoms with E-state index in [4.69, 9.17) is 23.2 Å². The van der Waals surface area contributed by atoms with E-state index >= 15 is 0 Å². The van der Waals surface area contributed by atoms with E-state index in [0.717, 1.165) is 0 Å². The molecular weight excluding hydrogens is 285 g/mol. The second-order valence-electron chi connectivity index (χ2n) is 3.96. The molecule has 17 heavy (non-hydrogen) atoms. The molecule has 0 radical (unpaired) electrons. The second-order valence-corrected chi connectivity index (χ2v) is 6.74. The summed E-state index contributed by atoms with van der Waals surface area (Å²) in [5, 5.41) is 3.76. The Morgan fingerprint density at radius 3 is 2.53 bits per heavy atom. The van der Waals surface area contributed by atoms with Gasteiger partial charge in [0.1, 0.15) is 0 Å². The maximum atomic E-state index is 12.0. The fourth-order valence-electron chi connectivity index (χ4n) is 1.56. The first-order chi connectivity index (χ1) is 7.74. The second kappa shape index (κ2) is 5.56. The molecule has 0 aromatic carbocycles. The molecule has 0 amide bonds. The zero-order chi connectivity index (χ0) is 13.2. The minimum atomic E-state index is -3.66. The number of rotatable bonds is 5. The van der Waals surface area contributed by atoms with Crippen LogP contribution in [0.4, 0.5) is 0 Å². The van der Waals surface area contributed by atoms with Gasteiger partial charge in [-0.25, -0.2) is 13.1 Å². The molecule has 1 aromatic heterocycles. The van der Waals surface area contributed by atoms with Gasteiger partial charge in [-0.1, -0.05) is 11.6 Å². The Kier molecular flexibility index (Phi) is 4.83. The van der Waals surface area contributed by atoms with Crippen molar-refractivity contribution in [2.75, 3.05) is 0 Å². The van der Waals surface area contributed by atoms with Crippen LogP contribution >= 0.6 is 23.2 Å². The average Bonchev–Trinajstić information content (AvgIpc) is 2.43. The van der Waals surface area contributed by atoms with E-state index in [0.29, 0.717) is 6.42 Å². The molecule has 0 saturated heterocycles. The summed E-state index contributed by atoms with van der Waals surface area (Å²) < 4.78 is 27.8. The van der Waals surface area contributed by atoms with Crippen molar-refractivity contribution in [3.05, 3.63) is 11.2 Å². The first kappa shape index (κ1) is 14.8. The van der Waals surface area contributed by atoms with Gasteiger partial charge in [-0.05, 0) is 20.3 Å². The van der Waals surface area contributed by atoms with E-state index in [-0.39, 0.29) is 21.5 Å². The van der Waals surface area contributed by atoms with Gasteiger partial charge in [-0.3, -0.25) is 4.68 Å². The average molecular weight is 300 g/mol. The minimum Gasteiger partial charge on any atom is -0.255 e. The fourth-order valence-corrected chi connectivity index (χ4v) is 3.74. The van der Waals surface area contributed by atoms with Crippen molar-refractivity contribution >= 4 is 33.2 Å². The van der Waals surface area contributed by atoms with Crippen LogP contribution in [0, 0.1) is 0 Å². The van der Waals surface area contributed by atoms with Crippen LogP contribution in [0.25, 0.3) is 0 Å². The van der Waals surface area contributed by atoms with Crippen LogP contribution in [-0.2, 0) is 17.1 Å². The Labute approximate surface area is 111 Å². The predicted octanol–water partition coefficient (Wildman–Crippen LogP) is 1.76. The summed E-state index contributed by atoms with van der Waals surface area (Å²) in [5.41, 5.74) is 0. The summed E-state index contributed by atoms with van der Waals surface area (Å²) in [6, 6.07) is -0.265. The standard InChI is InChI=1S/C9H15Cl2N3O2S/c1-6(10)4-7(2)13-17(15,16)9-8(11)5-12-14(9)3/h5-7,13H,4H2,1-3H3. The molecule has 0 aliphatic heterocycles. The Balaban J connectivity index is 2.90. The number of alkyl halides is 1. The van der Waals surface area contributed by atoms with Crippen LogP contribution in [0.1, 0.15) is 20.3 Å². The van der Waals surface area contributed by atoms with Gasteiger partial charge in [-0.2, -0.15) is 5.10 Å². The Hall–Kier alpha value is -0.300. The predicted molar refractivity (Wildman–Crippen MR) is 67.9 cm³/mol. The Morgan fingerprint density at radius 1 is 1.53 bits per heavy atom. The zero-order valence-corrected chi connectivity index (χ0v) is 12.1. The quantitative estimate of drug-likeness (QED) is 0.843. The third-order valence-corrected chi connectivity index (χ3v) is 4.40. The number of sulfonamides is 1. The molecule has 0 saturated carbocycles. The summed E-state index contributed by atoms with van der Waals surface area (Å²) in [4.78, 5) is 0. The summed E-state index contributed by atoms with van der Waals surface area (Å²) >= 11 is 11.6. The van der Waals surface area contributed by atoms with Gasteiger partial charge in [0.25, 0.3) is 10.0 Å². The monoisotopic (exact) mass is 299 g/mol. The smallest absolute Gasteiger partial charge is 0.255 e. The fraction of sp³-hybridized carbons (Fsp3) is 0.667. The van der Waals surface area contributed by atoms with Crippen LogP contribution in [-0.4, -0.2) is 29.6 Å². The molecule has 2 atom stereocenters. The number of aryl methyl sites for hydroxylation is 1. The minimum absolute atomic E-state index is 0.0340. The molecule has 5 nitrogen and oxygen atoms in total. The summed E-state index contributed by atoms with van der Waals surface area (Å²) in [7, 11) is -2.14. The van der Waals surface area contributed by atoms with Crippen molar-refractivity contribution in [2.24, 2.45) is 7.05 Å². The highest BCUT2D eigenvalue weighted by atomic mass is 35.5. The number of nitrogens with one attached hydrogen (secondary N) is 1. The number of halogens is 2. The number of nitrogens with zero attached hydrogens (tertiary/aromatic N) is 2. The molecule has 0 aliphatic rings. The van der Waals surface area contributed by atoms with E-state index in [2.05, 4.69) is 9.82 Å². The van der Waals surface area contributed by atoms with E-state index in [1.807, 2.05) is 6.92 Å².